The maximum atomic E-state index is 12.1. The van der Waals surface area contributed by atoms with E-state index < -0.39 is 10.0 Å². The largest absolute Gasteiger partial charge is 0.335 e. The van der Waals surface area contributed by atoms with Gasteiger partial charge in [-0.2, -0.15) is 5.10 Å². The van der Waals surface area contributed by atoms with Gasteiger partial charge in [0.15, 0.2) is 0 Å². The molecule has 0 spiro atoms. The molecule has 0 aliphatic carbocycles. The molecule has 9 heteroatoms. The van der Waals surface area contributed by atoms with E-state index in [-0.39, 0.29) is 23.9 Å². The lowest BCUT2D eigenvalue weighted by Crippen LogP contribution is -2.50. The molecule has 0 saturated carbocycles. The van der Waals surface area contributed by atoms with Crippen molar-refractivity contribution in [2.45, 2.75) is 38.4 Å². The number of aromatic nitrogens is 3. The molecule has 122 valence electrons. The third-order valence-corrected chi connectivity index (χ3v) is 5.95. The Labute approximate surface area is 130 Å². The molecule has 3 atom stereocenters. The zero-order valence-electron chi connectivity index (χ0n) is 12.8. The van der Waals surface area contributed by atoms with Crippen LogP contribution in [0.15, 0.2) is 12.7 Å². The molecule has 1 aromatic rings. The topological polar surface area (TPSA) is 88.4 Å². The van der Waals surface area contributed by atoms with Crippen LogP contribution in [-0.2, 0) is 21.4 Å². The number of likely N-dealkylation sites (tertiary alicyclic amines) is 1. The maximum Gasteiger partial charge on any atom is 0.220 e. The van der Waals surface area contributed by atoms with Crippen molar-refractivity contribution >= 4 is 15.9 Å². The van der Waals surface area contributed by atoms with Gasteiger partial charge in [-0.3, -0.25) is 9.48 Å². The van der Waals surface area contributed by atoms with Crippen molar-refractivity contribution < 1.29 is 13.2 Å². The third kappa shape index (κ3) is 2.87. The summed E-state index contributed by atoms with van der Waals surface area (Å²) in [4.78, 5) is 17.9. The average Bonchev–Trinajstić information content (AvgIpc) is 3.03. The number of rotatable bonds is 3. The van der Waals surface area contributed by atoms with Gasteiger partial charge in [0.25, 0.3) is 0 Å². The maximum absolute atomic E-state index is 12.1. The van der Waals surface area contributed by atoms with Crippen molar-refractivity contribution in [1.82, 2.24) is 24.0 Å². The summed E-state index contributed by atoms with van der Waals surface area (Å²) in [7, 11) is -3.17. The molecule has 0 N–H and O–H groups in total. The number of carbonyl (C=O) groups is 1. The van der Waals surface area contributed by atoms with Crippen LogP contribution < -0.4 is 0 Å². The van der Waals surface area contributed by atoms with Gasteiger partial charge in [-0.05, 0) is 18.8 Å². The Bertz CT molecular complexity index is 645. The lowest BCUT2D eigenvalue weighted by atomic mass is 9.93. The summed E-state index contributed by atoms with van der Waals surface area (Å²) in [6.07, 6.45) is 5.87. The van der Waals surface area contributed by atoms with Crippen LogP contribution in [0.3, 0.4) is 0 Å². The van der Waals surface area contributed by atoms with Crippen LogP contribution in [0.25, 0.3) is 0 Å². The Morgan fingerprint density at radius 1 is 1.41 bits per heavy atom. The molecule has 3 heterocycles. The third-order valence-electron chi connectivity index (χ3n) is 4.68. The van der Waals surface area contributed by atoms with E-state index in [0.29, 0.717) is 26.1 Å². The van der Waals surface area contributed by atoms with Gasteiger partial charge in [0, 0.05) is 26.1 Å². The van der Waals surface area contributed by atoms with Crippen molar-refractivity contribution in [2.24, 2.45) is 5.92 Å². The van der Waals surface area contributed by atoms with E-state index in [4.69, 9.17) is 0 Å². The fraction of sp³-hybridized carbons (Fsp3) is 0.769. The Morgan fingerprint density at radius 2 is 2.18 bits per heavy atom. The van der Waals surface area contributed by atoms with Crippen molar-refractivity contribution in [3.63, 3.8) is 0 Å². The zero-order chi connectivity index (χ0) is 15.9. The number of carbonyl (C=O) groups excluding carboxylic acids is 1. The number of sulfonamides is 1. The molecule has 0 bridgehead atoms. The second-order valence-electron chi connectivity index (χ2n) is 6.17. The predicted octanol–water partition coefficient (Wildman–Crippen LogP) is -0.451. The number of hydrogen-bond donors (Lipinski definition) is 0. The molecule has 8 nitrogen and oxygen atoms in total. The average molecular weight is 327 g/mol. The number of hydrogen-bond acceptors (Lipinski definition) is 5. The first-order chi connectivity index (χ1) is 10.4. The van der Waals surface area contributed by atoms with Crippen LogP contribution in [0, 0.1) is 5.92 Å². The highest BCUT2D eigenvalue weighted by molar-refractivity contribution is 7.88. The van der Waals surface area contributed by atoms with Gasteiger partial charge in [-0.25, -0.2) is 17.7 Å². The van der Waals surface area contributed by atoms with Gasteiger partial charge in [-0.15, -0.1) is 0 Å². The number of nitrogens with zero attached hydrogens (tertiary/aromatic N) is 5. The molecular formula is C13H21N5O3S. The SMILES string of the molecule is CC(=O)N1C2CCN(S(C)(=O)=O)CC2C[C@H]1Cn1cncn1. The van der Waals surface area contributed by atoms with Crippen LogP contribution in [-0.4, -0.2) is 69.7 Å². The van der Waals surface area contributed by atoms with Crippen LogP contribution in [0.2, 0.25) is 0 Å². The quantitative estimate of drug-likeness (QED) is 0.750. The smallest absolute Gasteiger partial charge is 0.220 e. The molecular weight excluding hydrogens is 306 g/mol. The highest BCUT2D eigenvalue weighted by Gasteiger charge is 2.46. The van der Waals surface area contributed by atoms with Gasteiger partial charge < -0.3 is 4.90 Å². The van der Waals surface area contributed by atoms with Gasteiger partial charge in [0.05, 0.1) is 18.8 Å². The van der Waals surface area contributed by atoms with Crippen LogP contribution in [0.4, 0.5) is 0 Å². The van der Waals surface area contributed by atoms with Gasteiger partial charge in [-0.1, -0.05) is 0 Å². The molecule has 1 aromatic heterocycles. The second kappa shape index (κ2) is 5.62. The lowest BCUT2D eigenvalue weighted by Gasteiger charge is -2.37. The molecule has 2 unspecified atom stereocenters. The molecule has 1 amide bonds. The molecule has 2 fully saturated rings. The Balaban J connectivity index is 1.78. The van der Waals surface area contributed by atoms with Gasteiger partial charge in [0.1, 0.15) is 12.7 Å². The minimum Gasteiger partial charge on any atom is -0.335 e. The first-order valence-corrected chi connectivity index (χ1v) is 9.27. The number of piperidine rings is 1. The molecule has 2 aliphatic rings. The minimum absolute atomic E-state index is 0.0467. The first kappa shape index (κ1) is 15.4. The Morgan fingerprint density at radius 3 is 2.77 bits per heavy atom. The van der Waals surface area contributed by atoms with E-state index in [1.807, 2.05) is 4.90 Å². The molecule has 2 aliphatic heterocycles. The molecule has 0 radical (unpaired) electrons. The highest BCUT2D eigenvalue weighted by Crippen LogP contribution is 2.36. The summed E-state index contributed by atoms with van der Waals surface area (Å²) in [5.41, 5.74) is 0. The number of amides is 1. The fourth-order valence-corrected chi connectivity index (χ4v) is 4.71. The lowest BCUT2D eigenvalue weighted by molar-refractivity contribution is -0.132. The van der Waals surface area contributed by atoms with Crippen molar-refractivity contribution in [2.75, 3.05) is 19.3 Å². The number of fused-ring (bicyclic) bond motifs is 1. The van der Waals surface area contributed by atoms with Gasteiger partial charge in [0.2, 0.25) is 15.9 Å². The monoisotopic (exact) mass is 327 g/mol. The standard InChI is InChI=1S/C13H21N5O3S/c1-10(19)18-12(7-16-9-14-8-15-16)5-11-6-17(22(2,20)21)4-3-13(11)18/h8-9,11-13H,3-7H2,1-2H3/t11?,12-,13?/m0/s1. The summed E-state index contributed by atoms with van der Waals surface area (Å²) >= 11 is 0. The molecule has 22 heavy (non-hydrogen) atoms. The Kier molecular flexibility index (Phi) is 3.94. The van der Waals surface area contributed by atoms with Gasteiger partial charge >= 0.3 is 0 Å². The summed E-state index contributed by atoms with van der Waals surface area (Å²) in [6, 6.07) is 0.178. The van der Waals surface area contributed by atoms with E-state index in [1.54, 1.807) is 17.9 Å². The van der Waals surface area contributed by atoms with Crippen LogP contribution in [0.5, 0.6) is 0 Å². The van der Waals surface area contributed by atoms with Crippen molar-refractivity contribution in [1.29, 1.82) is 0 Å². The molecule has 0 aromatic carbocycles. The normalized spacial score (nSPS) is 29.5. The zero-order valence-corrected chi connectivity index (χ0v) is 13.6. The Hall–Kier alpha value is -1.48. The van der Waals surface area contributed by atoms with E-state index in [2.05, 4.69) is 10.1 Å². The highest BCUT2D eigenvalue weighted by atomic mass is 32.2. The van der Waals surface area contributed by atoms with E-state index in [0.717, 1.165) is 6.42 Å². The predicted molar refractivity (Wildman–Crippen MR) is 79.3 cm³/mol. The van der Waals surface area contributed by atoms with E-state index >= 15 is 0 Å². The van der Waals surface area contributed by atoms with Crippen LogP contribution >= 0.6 is 0 Å². The van der Waals surface area contributed by atoms with Crippen molar-refractivity contribution in [3.8, 4) is 0 Å². The summed E-state index contributed by atoms with van der Waals surface area (Å²) < 4.78 is 26.8. The second-order valence-corrected chi connectivity index (χ2v) is 8.15. The van der Waals surface area contributed by atoms with Crippen molar-refractivity contribution in [3.05, 3.63) is 12.7 Å². The summed E-state index contributed by atoms with van der Waals surface area (Å²) in [5.74, 6) is 0.242. The minimum atomic E-state index is -3.17. The summed E-state index contributed by atoms with van der Waals surface area (Å²) in [6.45, 7) is 3.17. The summed E-state index contributed by atoms with van der Waals surface area (Å²) in [5, 5.41) is 4.11. The van der Waals surface area contributed by atoms with Crippen LogP contribution in [0.1, 0.15) is 19.8 Å². The van der Waals surface area contributed by atoms with E-state index in [1.165, 1.54) is 16.9 Å². The molecule has 3 rings (SSSR count). The molecule has 2 saturated heterocycles. The fourth-order valence-electron chi connectivity index (χ4n) is 3.82. The van der Waals surface area contributed by atoms with E-state index in [9.17, 15) is 13.2 Å². The first-order valence-electron chi connectivity index (χ1n) is 7.42.